The highest BCUT2D eigenvalue weighted by molar-refractivity contribution is 7.96. The molecule has 0 aromatic carbocycles. The van der Waals surface area contributed by atoms with E-state index in [-0.39, 0.29) is 12.0 Å². The van der Waals surface area contributed by atoms with Crippen LogP contribution in [0.5, 0.6) is 0 Å². The molecule has 24 heavy (non-hydrogen) atoms. The van der Waals surface area contributed by atoms with E-state index >= 15 is 0 Å². The molecule has 0 amide bonds. The maximum absolute atomic E-state index is 12.5. The summed E-state index contributed by atoms with van der Waals surface area (Å²) in [6, 6.07) is 0.236. The number of hydrogen-bond donors (Lipinski definition) is 2. The number of sulfonamides is 1. The number of nitrogens with two attached hydrogens (primary N) is 1. The van der Waals surface area contributed by atoms with E-state index in [4.69, 9.17) is 5.73 Å². The second-order valence-electron chi connectivity index (χ2n) is 6.83. The lowest BCUT2D eigenvalue weighted by Crippen LogP contribution is -2.30. The molecule has 2 aliphatic carbocycles. The lowest BCUT2D eigenvalue weighted by atomic mass is 9.84. The van der Waals surface area contributed by atoms with E-state index in [1.165, 1.54) is 17.8 Å². The minimum absolute atomic E-state index is 0.228. The number of anilines is 1. The van der Waals surface area contributed by atoms with Gasteiger partial charge in [-0.3, -0.25) is 4.72 Å². The Kier molecular flexibility index (Phi) is 5.08. The van der Waals surface area contributed by atoms with Crippen LogP contribution in [0.15, 0.2) is 23.1 Å². The fourth-order valence-electron chi connectivity index (χ4n) is 3.37. The first-order chi connectivity index (χ1) is 11.4. The van der Waals surface area contributed by atoms with E-state index in [0.717, 1.165) is 24.3 Å². The van der Waals surface area contributed by atoms with Crippen molar-refractivity contribution in [3.8, 4) is 0 Å². The third-order valence-electron chi connectivity index (χ3n) is 4.74. The van der Waals surface area contributed by atoms with E-state index in [9.17, 15) is 8.42 Å². The maximum atomic E-state index is 12.5. The molecular formula is C16H24N4O2S2. The third kappa shape index (κ3) is 3.70. The summed E-state index contributed by atoms with van der Waals surface area (Å²) in [5.41, 5.74) is 6.16. The molecule has 6 nitrogen and oxygen atoms in total. The Balaban J connectivity index is 1.67. The molecule has 1 aromatic heterocycles. The minimum atomic E-state index is -3.61. The average Bonchev–Trinajstić information content (AvgIpc) is 3.16. The van der Waals surface area contributed by atoms with Crippen molar-refractivity contribution in [3.63, 3.8) is 0 Å². The van der Waals surface area contributed by atoms with Crippen molar-refractivity contribution < 1.29 is 8.42 Å². The van der Waals surface area contributed by atoms with Gasteiger partial charge < -0.3 is 5.73 Å². The van der Waals surface area contributed by atoms with Crippen LogP contribution in [0, 0.1) is 11.8 Å². The number of hydrogen-bond acceptors (Lipinski definition) is 6. The van der Waals surface area contributed by atoms with Gasteiger partial charge in [-0.25, -0.2) is 8.42 Å². The van der Waals surface area contributed by atoms with Crippen LogP contribution in [0.1, 0.15) is 50.5 Å². The molecular weight excluding hydrogens is 344 g/mol. The van der Waals surface area contributed by atoms with Crippen LogP contribution in [0.4, 0.5) is 5.13 Å². The van der Waals surface area contributed by atoms with Crippen molar-refractivity contribution in [2.75, 3.05) is 4.72 Å². The van der Waals surface area contributed by atoms with Crippen molar-refractivity contribution in [3.05, 3.63) is 28.1 Å². The fraction of sp³-hybridized carbons (Fsp3) is 0.625. The highest BCUT2D eigenvalue weighted by Crippen LogP contribution is 2.36. The van der Waals surface area contributed by atoms with Crippen LogP contribution >= 0.6 is 11.3 Å². The predicted molar refractivity (Wildman–Crippen MR) is 97.2 cm³/mol. The smallest absolute Gasteiger partial charge is 0.263 e. The number of rotatable bonds is 5. The molecule has 0 radical (unpaired) electrons. The van der Waals surface area contributed by atoms with E-state index in [0.29, 0.717) is 21.9 Å². The van der Waals surface area contributed by atoms with E-state index < -0.39 is 10.0 Å². The second kappa shape index (κ2) is 6.93. The molecule has 1 fully saturated rings. The average molecular weight is 369 g/mol. The topological polar surface area (TPSA) is 98.0 Å². The first kappa shape index (κ1) is 17.6. The minimum Gasteiger partial charge on any atom is -0.327 e. The van der Waals surface area contributed by atoms with Crippen molar-refractivity contribution in [1.82, 2.24) is 10.2 Å². The van der Waals surface area contributed by atoms with Crippen LogP contribution in [0.2, 0.25) is 0 Å². The van der Waals surface area contributed by atoms with Gasteiger partial charge in [0.15, 0.2) is 0 Å². The number of allylic oxidation sites excluding steroid dienone is 3. The summed E-state index contributed by atoms with van der Waals surface area (Å²) in [5, 5.41) is 9.05. The van der Waals surface area contributed by atoms with Gasteiger partial charge in [-0.15, -0.1) is 10.2 Å². The monoisotopic (exact) mass is 368 g/mol. The Morgan fingerprint density at radius 3 is 2.67 bits per heavy atom. The van der Waals surface area contributed by atoms with Crippen molar-refractivity contribution in [2.24, 2.45) is 17.6 Å². The van der Waals surface area contributed by atoms with Gasteiger partial charge in [-0.1, -0.05) is 43.8 Å². The zero-order valence-corrected chi connectivity index (χ0v) is 15.6. The SMILES string of the molecule is CC(C)c1nnc(NS(=O)(=O)C2=CCC([C@@H]3CCC[C@H]3N)C=C2)s1. The van der Waals surface area contributed by atoms with Gasteiger partial charge in [-0.2, -0.15) is 0 Å². The van der Waals surface area contributed by atoms with Crippen molar-refractivity contribution in [2.45, 2.75) is 51.5 Å². The summed E-state index contributed by atoms with van der Waals surface area (Å²) in [7, 11) is -3.61. The molecule has 3 rings (SSSR count). The molecule has 0 bridgehead atoms. The van der Waals surface area contributed by atoms with Gasteiger partial charge in [0.2, 0.25) is 5.13 Å². The first-order valence-corrected chi connectivity index (χ1v) is 10.7. The van der Waals surface area contributed by atoms with E-state index in [1.54, 1.807) is 12.2 Å². The second-order valence-corrected chi connectivity index (χ2v) is 9.52. The summed E-state index contributed by atoms with van der Waals surface area (Å²) in [6.07, 6.45) is 9.59. The van der Waals surface area contributed by atoms with Crippen molar-refractivity contribution >= 4 is 26.5 Å². The Morgan fingerprint density at radius 1 is 1.33 bits per heavy atom. The molecule has 0 spiro atoms. The van der Waals surface area contributed by atoms with Gasteiger partial charge in [-0.05, 0) is 37.2 Å². The Labute approximate surface area is 147 Å². The maximum Gasteiger partial charge on any atom is 0.263 e. The summed E-state index contributed by atoms with van der Waals surface area (Å²) >= 11 is 1.27. The van der Waals surface area contributed by atoms with Gasteiger partial charge >= 0.3 is 0 Å². The van der Waals surface area contributed by atoms with Crippen LogP contribution in [0.3, 0.4) is 0 Å². The zero-order valence-electron chi connectivity index (χ0n) is 14.0. The molecule has 8 heteroatoms. The predicted octanol–water partition coefficient (Wildman–Crippen LogP) is 2.99. The van der Waals surface area contributed by atoms with Gasteiger partial charge in [0.1, 0.15) is 5.01 Å². The molecule has 132 valence electrons. The van der Waals surface area contributed by atoms with Crippen LogP contribution < -0.4 is 10.5 Å². The fourth-order valence-corrected chi connectivity index (χ4v) is 5.42. The lowest BCUT2D eigenvalue weighted by molar-refractivity contribution is 0.366. The zero-order chi connectivity index (χ0) is 17.3. The van der Waals surface area contributed by atoms with Gasteiger partial charge in [0, 0.05) is 12.0 Å². The molecule has 1 saturated carbocycles. The normalized spacial score (nSPS) is 27.5. The summed E-state index contributed by atoms with van der Waals surface area (Å²) < 4.78 is 27.5. The lowest BCUT2D eigenvalue weighted by Gasteiger charge is -2.25. The Bertz CT molecular complexity index is 752. The van der Waals surface area contributed by atoms with Crippen LogP contribution in [-0.2, 0) is 10.0 Å². The molecule has 1 unspecified atom stereocenters. The molecule has 1 aromatic rings. The molecule has 2 aliphatic rings. The van der Waals surface area contributed by atoms with E-state index in [1.807, 2.05) is 19.9 Å². The van der Waals surface area contributed by atoms with Crippen molar-refractivity contribution in [1.29, 1.82) is 0 Å². The molecule has 3 atom stereocenters. The van der Waals surface area contributed by atoms with E-state index in [2.05, 4.69) is 14.9 Å². The van der Waals surface area contributed by atoms with Crippen LogP contribution in [0.25, 0.3) is 0 Å². The first-order valence-electron chi connectivity index (χ1n) is 8.37. The molecule has 0 saturated heterocycles. The third-order valence-corrected chi connectivity index (χ3v) is 7.39. The molecule has 3 N–H and O–H groups in total. The quantitative estimate of drug-likeness (QED) is 0.832. The summed E-state index contributed by atoms with van der Waals surface area (Å²) in [5.74, 6) is 1.04. The largest absolute Gasteiger partial charge is 0.327 e. The Morgan fingerprint density at radius 2 is 2.12 bits per heavy atom. The highest BCUT2D eigenvalue weighted by Gasteiger charge is 2.31. The standard InChI is InChI=1S/C16H24N4O2S2/c1-10(2)15-18-19-16(23-15)20-24(21,22)12-8-6-11(7-9-12)13-4-3-5-14(13)17/h6,8-11,13-14H,3-5,7,17H2,1-2H3,(H,19,20)/t11?,13-,14+/m0/s1. The van der Waals surface area contributed by atoms with Crippen LogP contribution in [-0.4, -0.2) is 24.7 Å². The van der Waals surface area contributed by atoms with Gasteiger partial charge in [0.05, 0.1) is 4.91 Å². The Hall–Kier alpha value is -1.25. The highest BCUT2D eigenvalue weighted by atomic mass is 32.2. The molecule has 0 aliphatic heterocycles. The summed E-state index contributed by atoms with van der Waals surface area (Å²) in [6.45, 7) is 4.00. The van der Waals surface area contributed by atoms with Gasteiger partial charge in [0.25, 0.3) is 10.0 Å². The number of aromatic nitrogens is 2. The summed E-state index contributed by atoms with van der Waals surface area (Å²) in [4.78, 5) is 0.298. The number of nitrogens with one attached hydrogen (secondary N) is 1. The number of nitrogens with zero attached hydrogens (tertiary/aromatic N) is 2. The molecule has 1 heterocycles.